The molecule has 0 unspecified atom stereocenters. The lowest BCUT2D eigenvalue weighted by Crippen LogP contribution is -2.43. The highest BCUT2D eigenvalue weighted by Gasteiger charge is 2.22. The number of nitrogens with zero attached hydrogens (tertiary/aromatic N) is 7. The van der Waals surface area contributed by atoms with Crippen LogP contribution in [0.5, 0.6) is 0 Å². The molecule has 2 aromatic carbocycles. The molecule has 0 bridgehead atoms. The van der Waals surface area contributed by atoms with Gasteiger partial charge in [-0.1, -0.05) is 56.8 Å². The highest BCUT2D eigenvalue weighted by Crippen LogP contribution is 2.36. The summed E-state index contributed by atoms with van der Waals surface area (Å²) in [6, 6.07) is 16.4. The summed E-state index contributed by atoms with van der Waals surface area (Å²) < 4.78 is 6.78. The Labute approximate surface area is 311 Å². The first-order chi connectivity index (χ1) is 25.5. The van der Waals surface area contributed by atoms with E-state index in [1.807, 2.05) is 60.1 Å². The SMILES string of the molecule is C=C.C=CC(=C)NCCCC.CN1CCN(Cc2cc3nc(-c4cccc5[nH]ncc45)nc(N4CCOCC4)c3s2)CC1.c1ccc2[nH]ncc2c1. The van der Waals surface area contributed by atoms with Crippen LogP contribution in [0.4, 0.5) is 5.82 Å². The maximum absolute atomic E-state index is 5.61. The fraction of sp³-hybridized carbons (Fsp3) is 0.350. The molecule has 6 aromatic rings. The number of anilines is 1. The molecule has 52 heavy (non-hydrogen) atoms. The minimum Gasteiger partial charge on any atom is -0.386 e. The van der Waals surface area contributed by atoms with Crippen molar-refractivity contribution in [3.63, 3.8) is 0 Å². The Kier molecular flexibility index (Phi) is 14.5. The second-order valence-corrected chi connectivity index (χ2v) is 13.7. The Hall–Kier alpha value is -4.88. The van der Waals surface area contributed by atoms with Gasteiger partial charge in [0.2, 0.25) is 0 Å². The summed E-state index contributed by atoms with van der Waals surface area (Å²) in [7, 11) is 2.20. The number of allylic oxidation sites excluding steroid dienone is 1. The molecule has 0 radical (unpaired) electrons. The first-order valence-electron chi connectivity index (χ1n) is 17.9. The molecule has 2 saturated heterocycles. The molecule has 0 aliphatic carbocycles. The van der Waals surface area contributed by atoms with Crippen molar-refractivity contribution in [3.8, 4) is 11.4 Å². The molecule has 0 atom stereocenters. The third-order valence-corrected chi connectivity index (χ3v) is 10.00. The molecule has 2 aliphatic rings. The van der Waals surface area contributed by atoms with Gasteiger partial charge >= 0.3 is 0 Å². The Morgan fingerprint density at radius 1 is 0.942 bits per heavy atom. The van der Waals surface area contributed by atoms with Gasteiger partial charge in [-0.15, -0.1) is 24.5 Å². The summed E-state index contributed by atoms with van der Waals surface area (Å²) in [4.78, 5) is 18.8. The third-order valence-electron chi connectivity index (χ3n) is 8.89. The van der Waals surface area contributed by atoms with E-state index in [1.54, 1.807) is 6.08 Å². The van der Waals surface area contributed by atoms with Gasteiger partial charge in [0.25, 0.3) is 0 Å². The Morgan fingerprint density at radius 2 is 1.67 bits per heavy atom. The first-order valence-corrected chi connectivity index (χ1v) is 18.7. The smallest absolute Gasteiger partial charge is 0.162 e. The molecule has 4 aromatic heterocycles. The van der Waals surface area contributed by atoms with E-state index < -0.39 is 0 Å². The van der Waals surface area contributed by atoms with E-state index in [9.17, 15) is 0 Å². The molecule has 2 fully saturated rings. The monoisotopic (exact) mass is 720 g/mol. The van der Waals surface area contributed by atoms with Crippen LogP contribution in [0, 0.1) is 0 Å². The Bertz CT molecular complexity index is 1970. The summed E-state index contributed by atoms with van der Waals surface area (Å²) in [6.45, 7) is 25.1. The standard InChI is InChI=1S/C23H27N7OS.C8H15N.C7H6N2.C2H4/c1-28-5-7-29(8-6-28)15-16-13-20-21(32-16)23(30-9-11-31-12-10-30)26-22(25-20)17-3-2-4-19-18(17)14-24-27-19;1-4-6-7-9-8(3)5-2;1-2-4-7-6(3-1)5-8-9-7;1-2/h2-4,13-14H,5-12,15H2,1H3,(H,24,27);5,9H,2-4,6-7H2,1H3;1-5H,(H,8,9);1-2H2. The number of morpholine rings is 1. The van der Waals surface area contributed by atoms with Crippen LogP contribution in [0.2, 0.25) is 0 Å². The van der Waals surface area contributed by atoms with Crippen LogP contribution in [0.15, 0.2) is 99.0 Å². The van der Waals surface area contributed by atoms with Crippen molar-refractivity contribution < 1.29 is 4.74 Å². The fourth-order valence-corrected chi connectivity index (χ4v) is 7.08. The van der Waals surface area contributed by atoms with Crippen molar-refractivity contribution in [1.82, 2.24) is 45.5 Å². The van der Waals surface area contributed by atoms with Gasteiger partial charge in [-0.2, -0.15) is 10.2 Å². The maximum atomic E-state index is 5.61. The number of piperazine rings is 1. The van der Waals surface area contributed by atoms with Crippen LogP contribution >= 0.6 is 11.3 Å². The number of fused-ring (bicyclic) bond motifs is 3. The molecular formula is C40H52N10OS. The quantitative estimate of drug-likeness (QED) is 0.0807. The van der Waals surface area contributed by atoms with Gasteiger partial charge in [0.15, 0.2) is 11.6 Å². The molecule has 6 heterocycles. The minimum atomic E-state index is 0.734. The lowest BCUT2D eigenvalue weighted by Gasteiger charge is -2.31. The van der Waals surface area contributed by atoms with Crippen molar-refractivity contribution >= 4 is 49.2 Å². The molecule has 12 heteroatoms. The lowest BCUT2D eigenvalue weighted by atomic mass is 10.1. The highest BCUT2D eigenvalue weighted by molar-refractivity contribution is 7.19. The van der Waals surface area contributed by atoms with E-state index in [0.717, 1.165) is 116 Å². The number of nitrogens with one attached hydrogen (secondary N) is 3. The Balaban J connectivity index is 0.000000214. The second kappa shape index (κ2) is 19.7. The number of aromatic amines is 2. The first kappa shape index (κ1) is 38.4. The van der Waals surface area contributed by atoms with Gasteiger partial charge in [-0.25, -0.2) is 9.97 Å². The average molecular weight is 721 g/mol. The number of ether oxygens (including phenoxy) is 1. The van der Waals surface area contributed by atoms with E-state index >= 15 is 0 Å². The number of benzene rings is 2. The summed E-state index contributed by atoms with van der Waals surface area (Å²) in [5.74, 6) is 1.79. The fourth-order valence-electron chi connectivity index (χ4n) is 5.92. The zero-order valence-corrected chi connectivity index (χ0v) is 31.4. The molecule has 274 valence electrons. The van der Waals surface area contributed by atoms with Crippen molar-refractivity contribution in [2.45, 2.75) is 26.3 Å². The van der Waals surface area contributed by atoms with Crippen LogP contribution in [0.3, 0.4) is 0 Å². The van der Waals surface area contributed by atoms with E-state index in [0.29, 0.717) is 0 Å². The van der Waals surface area contributed by atoms with Crippen molar-refractivity contribution in [2.24, 2.45) is 0 Å². The van der Waals surface area contributed by atoms with Crippen LogP contribution in [-0.2, 0) is 11.3 Å². The van der Waals surface area contributed by atoms with Gasteiger partial charge < -0.3 is 19.9 Å². The van der Waals surface area contributed by atoms with Crippen molar-refractivity contribution in [1.29, 1.82) is 0 Å². The molecular weight excluding hydrogens is 669 g/mol. The van der Waals surface area contributed by atoms with Crippen LogP contribution < -0.4 is 10.2 Å². The van der Waals surface area contributed by atoms with Gasteiger partial charge in [0, 0.05) is 79.3 Å². The van der Waals surface area contributed by atoms with E-state index in [-0.39, 0.29) is 0 Å². The number of aromatic nitrogens is 6. The zero-order valence-electron chi connectivity index (χ0n) is 30.6. The van der Waals surface area contributed by atoms with Gasteiger partial charge in [0.05, 0.1) is 46.9 Å². The van der Waals surface area contributed by atoms with Gasteiger partial charge in [-0.3, -0.25) is 15.1 Å². The normalized spacial score (nSPS) is 14.8. The number of thiophene rings is 1. The van der Waals surface area contributed by atoms with Crippen LogP contribution in [0.1, 0.15) is 24.6 Å². The minimum absolute atomic E-state index is 0.734. The molecule has 0 saturated carbocycles. The molecule has 3 N–H and O–H groups in total. The largest absolute Gasteiger partial charge is 0.386 e. The number of unbranched alkanes of at least 4 members (excludes halogenated alkanes) is 1. The highest BCUT2D eigenvalue weighted by atomic mass is 32.1. The van der Waals surface area contributed by atoms with Gasteiger partial charge in [0.1, 0.15) is 0 Å². The molecule has 8 rings (SSSR count). The summed E-state index contributed by atoms with van der Waals surface area (Å²) in [5.41, 5.74) is 5.06. The van der Waals surface area contributed by atoms with Crippen molar-refractivity contribution in [3.05, 3.63) is 104 Å². The number of likely N-dealkylation sites (N-methyl/N-ethyl adjacent to an activating group) is 1. The maximum Gasteiger partial charge on any atom is 0.162 e. The predicted octanol–water partition coefficient (Wildman–Crippen LogP) is 7.26. The average Bonchev–Trinajstić information content (AvgIpc) is 3.97. The second-order valence-electron chi connectivity index (χ2n) is 12.6. The summed E-state index contributed by atoms with van der Waals surface area (Å²) >= 11 is 1.84. The van der Waals surface area contributed by atoms with Crippen LogP contribution in [-0.4, -0.2) is 106 Å². The topological polar surface area (TPSA) is 114 Å². The van der Waals surface area contributed by atoms with E-state index in [2.05, 4.69) is 92.8 Å². The predicted molar refractivity (Wildman–Crippen MR) is 218 cm³/mol. The van der Waals surface area contributed by atoms with Crippen molar-refractivity contribution in [2.75, 3.05) is 71.0 Å². The molecule has 2 aliphatic heterocycles. The molecule has 11 nitrogen and oxygen atoms in total. The lowest BCUT2D eigenvalue weighted by molar-refractivity contribution is 0.122. The summed E-state index contributed by atoms with van der Waals surface area (Å²) in [5, 5.41) is 19.4. The van der Waals surface area contributed by atoms with Gasteiger partial charge in [-0.05, 0) is 37.7 Å². The number of rotatable bonds is 9. The zero-order chi connectivity index (χ0) is 36.7. The summed E-state index contributed by atoms with van der Waals surface area (Å²) in [6.07, 6.45) is 7.83. The number of H-pyrrole nitrogens is 2. The number of hydrogen-bond acceptors (Lipinski definition) is 10. The number of para-hydroxylation sites is 1. The van der Waals surface area contributed by atoms with Crippen LogP contribution in [0.25, 0.3) is 43.4 Å². The molecule has 0 spiro atoms. The third kappa shape index (κ3) is 10.1. The van der Waals surface area contributed by atoms with E-state index in [1.165, 1.54) is 22.4 Å². The number of hydrogen-bond donors (Lipinski definition) is 3. The van der Waals surface area contributed by atoms with E-state index in [4.69, 9.17) is 14.7 Å². The molecule has 0 amide bonds. The Morgan fingerprint density at radius 3 is 2.42 bits per heavy atom.